The van der Waals surface area contributed by atoms with E-state index >= 15 is 0 Å². The number of nitrogens with zero attached hydrogens (tertiary/aromatic N) is 4. The fraction of sp³-hybridized carbons (Fsp3) is 0.357. The van der Waals surface area contributed by atoms with Gasteiger partial charge in [0.15, 0.2) is 5.82 Å². The van der Waals surface area contributed by atoms with E-state index in [1.807, 2.05) is 17.5 Å². The molecule has 0 spiro atoms. The zero-order valence-electron chi connectivity index (χ0n) is 11.8. The van der Waals surface area contributed by atoms with Crippen LogP contribution in [-0.4, -0.2) is 32.2 Å². The maximum Gasteiger partial charge on any atom is 0.252 e. The molecule has 3 heterocycles. The van der Waals surface area contributed by atoms with Crippen LogP contribution in [0.4, 0.5) is 0 Å². The van der Waals surface area contributed by atoms with Gasteiger partial charge in [-0.2, -0.15) is 9.50 Å². The monoisotopic (exact) mass is 302 g/mol. The van der Waals surface area contributed by atoms with Crippen LogP contribution in [0.25, 0.3) is 16.3 Å². The molecule has 4 N–H and O–H groups in total. The predicted molar refractivity (Wildman–Crippen MR) is 84.0 cm³/mol. The van der Waals surface area contributed by atoms with E-state index in [2.05, 4.69) is 28.1 Å². The summed E-state index contributed by atoms with van der Waals surface area (Å²) < 4.78 is 1.79. The summed E-state index contributed by atoms with van der Waals surface area (Å²) in [5.74, 6) is 1.60. The zero-order chi connectivity index (χ0) is 14.8. The lowest BCUT2D eigenvalue weighted by Gasteiger charge is -2.15. The van der Waals surface area contributed by atoms with Gasteiger partial charge < -0.3 is 11.5 Å². The van der Waals surface area contributed by atoms with Crippen molar-refractivity contribution < 1.29 is 0 Å². The van der Waals surface area contributed by atoms with Crippen LogP contribution in [0.15, 0.2) is 29.8 Å². The molecule has 0 saturated carbocycles. The number of nitrogens with two attached hydrogens (primary N) is 2. The average molecular weight is 302 g/mol. The Morgan fingerprint density at radius 1 is 1.38 bits per heavy atom. The van der Waals surface area contributed by atoms with E-state index in [0.717, 1.165) is 16.4 Å². The Hall–Kier alpha value is -1.83. The number of thiophene rings is 1. The Kier molecular flexibility index (Phi) is 3.96. The molecule has 7 heteroatoms. The van der Waals surface area contributed by atoms with Gasteiger partial charge >= 0.3 is 0 Å². The van der Waals surface area contributed by atoms with Crippen LogP contribution in [0.5, 0.6) is 0 Å². The lowest BCUT2D eigenvalue weighted by atomic mass is 9.99. The summed E-state index contributed by atoms with van der Waals surface area (Å²) in [4.78, 5) is 9.92. The summed E-state index contributed by atoms with van der Waals surface area (Å²) in [6.45, 7) is 2.53. The van der Waals surface area contributed by atoms with Crippen molar-refractivity contribution in [2.24, 2.45) is 17.4 Å². The summed E-state index contributed by atoms with van der Waals surface area (Å²) in [6, 6.07) is 5.99. The van der Waals surface area contributed by atoms with E-state index in [1.165, 1.54) is 0 Å². The number of hydrogen-bond donors (Lipinski definition) is 2. The van der Waals surface area contributed by atoms with E-state index in [-0.39, 0.29) is 12.0 Å². The number of fused-ring (bicyclic) bond motifs is 1. The molecule has 0 aliphatic carbocycles. The van der Waals surface area contributed by atoms with Crippen LogP contribution in [0.2, 0.25) is 0 Å². The minimum Gasteiger partial charge on any atom is -0.329 e. The number of rotatable bonds is 5. The quantitative estimate of drug-likeness (QED) is 0.741. The van der Waals surface area contributed by atoms with Crippen molar-refractivity contribution in [3.05, 3.63) is 35.6 Å². The Morgan fingerprint density at radius 3 is 2.95 bits per heavy atom. The van der Waals surface area contributed by atoms with Gasteiger partial charge in [0.05, 0.1) is 10.6 Å². The Labute approximate surface area is 126 Å². The molecular formula is C14H18N6S. The molecule has 0 aliphatic heterocycles. The molecule has 0 saturated heterocycles. The Bertz CT molecular complexity index is 720. The first-order chi connectivity index (χ1) is 10.2. The van der Waals surface area contributed by atoms with Gasteiger partial charge in [-0.25, -0.2) is 4.98 Å². The van der Waals surface area contributed by atoms with Gasteiger partial charge in [-0.1, -0.05) is 13.0 Å². The van der Waals surface area contributed by atoms with Crippen molar-refractivity contribution in [3.8, 4) is 10.6 Å². The van der Waals surface area contributed by atoms with Gasteiger partial charge in [0.2, 0.25) is 0 Å². The first kappa shape index (κ1) is 14.1. The Morgan fingerprint density at radius 2 is 2.24 bits per heavy atom. The first-order valence-corrected chi connectivity index (χ1v) is 7.77. The van der Waals surface area contributed by atoms with Crippen LogP contribution in [0, 0.1) is 5.92 Å². The largest absolute Gasteiger partial charge is 0.329 e. The summed E-state index contributed by atoms with van der Waals surface area (Å²) in [6.07, 6.45) is 2.46. The van der Waals surface area contributed by atoms with Crippen LogP contribution in [0.1, 0.15) is 12.7 Å². The van der Waals surface area contributed by atoms with Gasteiger partial charge in [-0.05, 0) is 23.4 Å². The van der Waals surface area contributed by atoms with E-state index in [4.69, 9.17) is 11.5 Å². The average Bonchev–Trinajstić information content (AvgIpc) is 3.14. The second kappa shape index (κ2) is 5.88. The van der Waals surface area contributed by atoms with Gasteiger partial charge in [0.1, 0.15) is 0 Å². The molecule has 3 rings (SSSR count). The van der Waals surface area contributed by atoms with Crippen LogP contribution in [-0.2, 0) is 6.42 Å². The molecule has 3 aromatic heterocycles. The molecule has 0 radical (unpaired) electrons. The number of hydrogen-bond acceptors (Lipinski definition) is 6. The third-order valence-corrected chi connectivity index (χ3v) is 4.46. The van der Waals surface area contributed by atoms with Gasteiger partial charge in [0, 0.05) is 25.2 Å². The summed E-state index contributed by atoms with van der Waals surface area (Å²) in [5.41, 5.74) is 12.6. The third-order valence-electron chi connectivity index (χ3n) is 3.57. The summed E-state index contributed by atoms with van der Waals surface area (Å²) in [5, 5.41) is 6.62. The molecule has 0 amide bonds. The van der Waals surface area contributed by atoms with E-state index in [1.54, 1.807) is 22.0 Å². The SMILES string of the molecule is CC(Cc1nc2nccc(-c3cccs3)n2n1)[C@H](N)CN. The fourth-order valence-corrected chi connectivity index (χ4v) is 2.94. The summed E-state index contributed by atoms with van der Waals surface area (Å²) in [7, 11) is 0. The molecule has 6 nitrogen and oxygen atoms in total. The molecule has 0 bridgehead atoms. The van der Waals surface area contributed by atoms with E-state index in [0.29, 0.717) is 18.7 Å². The minimum absolute atomic E-state index is 0.0404. The lowest BCUT2D eigenvalue weighted by molar-refractivity contribution is 0.451. The van der Waals surface area contributed by atoms with Crippen LogP contribution in [0.3, 0.4) is 0 Å². The van der Waals surface area contributed by atoms with Crippen molar-refractivity contribution in [1.29, 1.82) is 0 Å². The third kappa shape index (κ3) is 2.80. The smallest absolute Gasteiger partial charge is 0.252 e. The summed E-state index contributed by atoms with van der Waals surface area (Å²) >= 11 is 1.67. The molecule has 0 fully saturated rings. The van der Waals surface area contributed by atoms with Crippen molar-refractivity contribution in [2.75, 3.05) is 6.54 Å². The highest BCUT2D eigenvalue weighted by Gasteiger charge is 2.16. The van der Waals surface area contributed by atoms with Crippen LogP contribution >= 0.6 is 11.3 Å². The molecule has 2 atom stereocenters. The Balaban J connectivity index is 1.95. The first-order valence-electron chi connectivity index (χ1n) is 6.89. The fourth-order valence-electron chi connectivity index (χ4n) is 2.20. The minimum atomic E-state index is -0.0404. The molecule has 3 aromatic rings. The van der Waals surface area contributed by atoms with E-state index < -0.39 is 0 Å². The molecule has 0 aliphatic rings. The van der Waals surface area contributed by atoms with Crippen molar-refractivity contribution in [3.63, 3.8) is 0 Å². The van der Waals surface area contributed by atoms with Crippen LogP contribution < -0.4 is 11.5 Å². The highest BCUT2D eigenvalue weighted by atomic mass is 32.1. The number of aromatic nitrogens is 4. The maximum atomic E-state index is 5.96. The van der Waals surface area contributed by atoms with Crippen molar-refractivity contribution in [2.45, 2.75) is 19.4 Å². The molecule has 21 heavy (non-hydrogen) atoms. The predicted octanol–water partition coefficient (Wildman–Crippen LogP) is 1.32. The lowest BCUT2D eigenvalue weighted by Crippen LogP contribution is -2.37. The molecule has 0 aromatic carbocycles. The second-order valence-corrected chi connectivity index (χ2v) is 6.08. The van der Waals surface area contributed by atoms with E-state index in [9.17, 15) is 0 Å². The van der Waals surface area contributed by atoms with Gasteiger partial charge in [-0.3, -0.25) is 0 Å². The molecule has 110 valence electrons. The van der Waals surface area contributed by atoms with Gasteiger partial charge in [0.25, 0.3) is 5.78 Å². The maximum absolute atomic E-state index is 5.96. The standard InChI is InChI=1S/C14H18N6S/c1-9(10(16)8-15)7-13-18-14-17-5-4-11(20(14)19-13)12-3-2-6-21-12/h2-6,9-10H,7-8,15-16H2,1H3/t9?,10-/m1/s1. The molecular weight excluding hydrogens is 284 g/mol. The highest BCUT2D eigenvalue weighted by Crippen LogP contribution is 2.24. The normalized spacial score (nSPS) is 14.4. The second-order valence-electron chi connectivity index (χ2n) is 5.13. The zero-order valence-corrected chi connectivity index (χ0v) is 12.6. The van der Waals surface area contributed by atoms with Crippen molar-refractivity contribution in [1.82, 2.24) is 19.6 Å². The highest BCUT2D eigenvalue weighted by molar-refractivity contribution is 7.13. The molecule has 1 unspecified atom stereocenters. The van der Waals surface area contributed by atoms with Gasteiger partial charge in [-0.15, -0.1) is 16.4 Å². The topological polar surface area (TPSA) is 95.1 Å². The van der Waals surface area contributed by atoms with Crippen molar-refractivity contribution >= 4 is 17.1 Å².